The third-order valence-electron chi connectivity index (χ3n) is 1.83. The van der Waals surface area contributed by atoms with Gasteiger partial charge in [-0.05, 0) is 18.8 Å². The van der Waals surface area contributed by atoms with E-state index in [0.29, 0.717) is 17.3 Å². The summed E-state index contributed by atoms with van der Waals surface area (Å²) in [4.78, 5) is 0.357. The van der Waals surface area contributed by atoms with Crippen LogP contribution in [0, 0.1) is 5.92 Å². The van der Waals surface area contributed by atoms with E-state index in [0.717, 1.165) is 12.8 Å². The van der Waals surface area contributed by atoms with Crippen LogP contribution in [0.3, 0.4) is 0 Å². The maximum atomic E-state index is 11.4. The van der Waals surface area contributed by atoms with E-state index in [-0.39, 0.29) is 5.75 Å². The lowest BCUT2D eigenvalue weighted by Gasteiger charge is -2.08. The molecule has 1 unspecified atom stereocenters. The second-order valence-corrected chi connectivity index (χ2v) is 7.45. The predicted octanol–water partition coefficient (Wildman–Crippen LogP) is 2.13. The molecule has 0 aromatic heterocycles. The van der Waals surface area contributed by atoms with Crippen molar-refractivity contribution in [3.63, 3.8) is 0 Å². The Balaban J connectivity index is 3.73. The molecule has 0 radical (unpaired) electrons. The Morgan fingerprint density at radius 1 is 1.21 bits per heavy atom. The van der Waals surface area contributed by atoms with Gasteiger partial charge in [-0.15, -0.1) is 0 Å². The molecule has 0 aliphatic rings. The lowest BCUT2D eigenvalue weighted by Crippen LogP contribution is -2.28. The van der Waals surface area contributed by atoms with Crippen LogP contribution >= 0.6 is 15.9 Å². The van der Waals surface area contributed by atoms with Crippen molar-refractivity contribution in [1.29, 1.82) is 0 Å². The number of hydrogen-bond donors (Lipinski definition) is 1. The summed E-state index contributed by atoms with van der Waals surface area (Å²) in [5, 5.41) is 0. The van der Waals surface area contributed by atoms with Crippen molar-refractivity contribution in [3.05, 3.63) is 0 Å². The van der Waals surface area contributed by atoms with Gasteiger partial charge in [-0.3, -0.25) is 0 Å². The maximum Gasteiger partial charge on any atom is 0.211 e. The van der Waals surface area contributed by atoms with Gasteiger partial charge in [0.05, 0.1) is 5.75 Å². The van der Waals surface area contributed by atoms with Crippen molar-refractivity contribution in [2.75, 3.05) is 12.3 Å². The molecule has 0 aliphatic carbocycles. The van der Waals surface area contributed by atoms with Crippen molar-refractivity contribution in [2.24, 2.45) is 5.92 Å². The summed E-state index contributed by atoms with van der Waals surface area (Å²) in [5.41, 5.74) is 0. The van der Waals surface area contributed by atoms with Gasteiger partial charge < -0.3 is 0 Å². The zero-order chi connectivity index (χ0) is 11.2. The summed E-state index contributed by atoms with van der Waals surface area (Å²) < 4.78 is 25.4. The van der Waals surface area contributed by atoms with Gasteiger partial charge in [-0.2, -0.15) is 0 Å². The van der Waals surface area contributed by atoms with Gasteiger partial charge in [0.2, 0.25) is 10.0 Å². The van der Waals surface area contributed by atoms with Gasteiger partial charge in [0.1, 0.15) is 0 Å². The first-order chi connectivity index (χ1) is 6.33. The largest absolute Gasteiger partial charge is 0.215 e. The summed E-state index contributed by atoms with van der Waals surface area (Å²) in [6.45, 7) is 6.57. The van der Waals surface area contributed by atoms with Crippen LogP contribution < -0.4 is 4.72 Å². The molecule has 0 amide bonds. The summed E-state index contributed by atoms with van der Waals surface area (Å²) in [6, 6.07) is 0. The van der Waals surface area contributed by atoms with Crippen molar-refractivity contribution >= 4 is 26.0 Å². The first-order valence-electron chi connectivity index (χ1n) is 4.95. The molecule has 14 heavy (non-hydrogen) atoms. The van der Waals surface area contributed by atoms with Crippen molar-refractivity contribution in [1.82, 2.24) is 4.72 Å². The summed E-state index contributed by atoms with van der Waals surface area (Å²) in [6.07, 6.45) is 1.54. The molecule has 1 atom stereocenters. The molecule has 0 rings (SSSR count). The van der Waals surface area contributed by atoms with Crippen LogP contribution in [0.25, 0.3) is 0 Å². The standard InChI is InChI=1S/C9H20BrNO2S/c1-8(2)5-7-14(12,13)11-6-4-9(3)10/h8-9,11H,4-7H2,1-3H3. The summed E-state index contributed by atoms with van der Waals surface area (Å²) in [7, 11) is -3.04. The number of alkyl halides is 1. The van der Waals surface area contributed by atoms with E-state index in [1.54, 1.807) is 0 Å². The van der Waals surface area contributed by atoms with Gasteiger partial charge >= 0.3 is 0 Å². The number of hydrogen-bond acceptors (Lipinski definition) is 2. The Morgan fingerprint density at radius 3 is 2.21 bits per heavy atom. The molecule has 5 heteroatoms. The van der Waals surface area contributed by atoms with E-state index in [1.165, 1.54) is 0 Å². The SMILES string of the molecule is CC(C)CCS(=O)(=O)NCCC(C)Br. The highest BCUT2D eigenvalue weighted by Crippen LogP contribution is 2.04. The third kappa shape index (κ3) is 8.97. The normalized spacial score (nSPS) is 14.6. The average molecular weight is 286 g/mol. The van der Waals surface area contributed by atoms with Crippen LogP contribution in [-0.2, 0) is 10.0 Å². The smallest absolute Gasteiger partial charge is 0.211 e. The minimum absolute atomic E-state index is 0.237. The van der Waals surface area contributed by atoms with E-state index >= 15 is 0 Å². The third-order valence-corrected chi connectivity index (χ3v) is 3.70. The Labute approximate surface area is 95.8 Å². The highest BCUT2D eigenvalue weighted by molar-refractivity contribution is 9.09. The molecule has 0 aliphatic heterocycles. The molecule has 86 valence electrons. The highest BCUT2D eigenvalue weighted by Gasteiger charge is 2.10. The van der Waals surface area contributed by atoms with Crippen LogP contribution in [0.2, 0.25) is 0 Å². The Kier molecular flexibility index (Phi) is 6.99. The van der Waals surface area contributed by atoms with Gasteiger partial charge in [-0.25, -0.2) is 13.1 Å². The van der Waals surface area contributed by atoms with Crippen molar-refractivity contribution < 1.29 is 8.42 Å². The monoisotopic (exact) mass is 285 g/mol. The highest BCUT2D eigenvalue weighted by atomic mass is 79.9. The molecule has 0 aromatic rings. The van der Waals surface area contributed by atoms with Crippen LogP contribution in [0.15, 0.2) is 0 Å². The van der Waals surface area contributed by atoms with Crippen LogP contribution in [0.5, 0.6) is 0 Å². The van der Waals surface area contributed by atoms with E-state index in [1.807, 2.05) is 20.8 Å². The van der Waals surface area contributed by atoms with E-state index in [4.69, 9.17) is 0 Å². The number of nitrogens with one attached hydrogen (secondary N) is 1. The molecular weight excluding hydrogens is 266 g/mol. The molecule has 0 heterocycles. The van der Waals surface area contributed by atoms with Crippen LogP contribution in [0.4, 0.5) is 0 Å². The minimum atomic E-state index is -3.04. The second kappa shape index (κ2) is 6.80. The minimum Gasteiger partial charge on any atom is -0.215 e. The van der Waals surface area contributed by atoms with Crippen molar-refractivity contribution in [2.45, 2.75) is 38.4 Å². The number of sulfonamides is 1. The molecule has 0 bridgehead atoms. The van der Waals surface area contributed by atoms with E-state index < -0.39 is 10.0 Å². The van der Waals surface area contributed by atoms with Crippen LogP contribution in [-0.4, -0.2) is 25.5 Å². The fourth-order valence-corrected chi connectivity index (χ4v) is 2.46. The zero-order valence-electron chi connectivity index (χ0n) is 9.09. The number of halogens is 1. The molecule has 0 fully saturated rings. The van der Waals surface area contributed by atoms with Crippen LogP contribution in [0.1, 0.15) is 33.6 Å². The van der Waals surface area contributed by atoms with Gasteiger partial charge in [0, 0.05) is 11.4 Å². The summed E-state index contributed by atoms with van der Waals surface area (Å²) >= 11 is 3.37. The molecular formula is C9H20BrNO2S. The van der Waals surface area contributed by atoms with E-state index in [2.05, 4.69) is 20.7 Å². The fourth-order valence-electron chi connectivity index (χ4n) is 0.876. The second-order valence-electron chi connectivity index (χ2n) is 3.97. The van der Waals surface area contributed by atoms with E-state index in [9.17, 15) is 8.42 Å². The Morgan fingerprint density at radius 2 is 1.79 bits per heavy atom. The molecule has 0 saturated heterocycles. The summed E-state index contributed by atoms with van der Waals surface area (Å²) in [5.74, 6) is 0.670. The maximum absolute atomic E-state index is 11.4. The lowest BCUT2D eigenvalue weighted by atomic mass is 10.2. The quantitative estimate of drug-likeness (QED) is 0.729. The Hall–Kier alpha value is 0.390. The first kappa shape index (κ1) is 14.4. The van der Waals surface area contributed by atoms with Gasteiger partial charge in [0.15, 0.2) is 0 Å². The molecule has 3 nitrogen and oxygen atoms in total. The molecule has 0 aromatic carbocycles. The predicted molar refractivity (Wildman–Crippen MR) is 64.3 cm³/mol. The zero-order valence-corrected chi connectivity index (χ0v) is 11.5. The lowest BCUT2D eigenvalue weighted by molar-refractivity contribution is 0.560. The van der Waals surface area contributed by atoms with Gasteiger partial charge in [-0.1, -0.05) is 36.7 Å². The molecule has 1 N–H and O–H groups in total. The molecule has 0 saturated carbocycles. The van der Waals surface area contributed by atoms with Gasteiger partial charge in [0.25, 0.3) is 0 Å². The first-order valence-corrected chi connectivity index (χ1v) is 7.51. The topological polar surface area (TPSA) is 46.2 Å². The number of rotatable bonds is 7. The van der Waals surface area contributed by atoms with Crippen molar-refractivity contribution in [3.8, 4) is 0 Å². The average Bonchev–Trinajstić information content (AvgIpc) is 2.00. The molecule has 0 spiro atoms. The fraction of sp³-hybridized carbons (Fsp3) is 1.00. The Bertz CT molecular complexity index is 237.